The van der Waals surface area contributed by atoms with Crippen LogP contribution in [0, 0.1) is 6.92 Å². The minimum atomic E-state index is 0.132. The molecule has 140 valence electrons. The first kappa shape index (κ1) is 17.8. The lowest BCUT2D eigenvalue weighted by molar-refractivity contribution is -0.0156. The average Bonchev–Trinajstić information content (AvgIpc) is 3.20. The first-order valence-electron chi connectivity index (χ1n) is 9.29. The quantitative estimate of drug-likeness (QED) is 0.745. The highest BCUT2D eigenvalue weighted by molar-refractivity contribution is 5.59. The lowest BCUT2D eigenvalue weighted by Crippen LogP contribution is -2.39. The van der Waals surface area contributed by atoms with Crippen molar-refractivity contribution < 1.29 is 9.47 Å². The fraction of sp³-hybridized carbons (Fsp3) is 0.318. The summed E-state index contributed by atoms with van der Waals surface area (Å²) >= 11 is 0. The van der Waals surface area contributed by atoms with Crippen molar-refractivity contribution in [1.29, 1.82) is 0 Å². The maximum atomic E-state index is 5.75. The second-order valence-electron chi connectivity index (χ2n) is 6.96. The van der Waals surface area contributed by atoms with Crippen molar-refractivity contribution in [3.05, 3.63) is 71.7 Å². The van der Waals surface area contributed by atoms with E-state index >= 15 is 0 Å². The van der Waals surface area contributed by atoms with Crippen LogP contribution in [0.25, 0.3) is 11.3 Å². The number of hydrogen-bond donors (Lipinski definition) is 1. The number of ether oxygens (including phenoxy) is 2. The number of hydrogen-bond acceptors (Lipinski definition) is 4. The molecule has 1 N–H and O–H groups in total. The molecule has 0 amide bonds. The van der Waals surface area contributed by atoms with Crippen LogP contribution >= 0.6 is 0 Å². The third-order valence-electron chi connectivity index (χ3n) is 5.06. The van der Waals surface area contributed by atoms with Crippen LogP contribution in [-0.4, -0.2) is 41.7 Å². The van der Waals surface area contributed by atoms with E-state index in [1.807, 2.05) is 30.5 Å². The van der Waals surface area contributed by atoms with Gasteiger partial charge in [0.15, 0.2) is 0 Å². The van der Waals surface area contributed by atoms with Gasteiger partial charge in [0.2, 0.25) is 0 Å². The average molecular weight is 363 g/mol. The maximum absolute atomic E-state index is 5.75. The van der Waals surface area contributed by atoms with Gasteiger partial charge in [-0.2, -0.15) is 0 Å². The molecule has 0 unspecified atom stereocenters. The van der Waals surface area contributed by atoms with E-state index in [1.54, 1.807) is 7.11 Å². The Kier molecular flexibility index (Phi) is 5.23. The molecule has 4 rings (SSSR count). The lowest BCUT2D eigenvalue weighted by atomic mass is 10.1. The normalized spacial score (nSPS) is 17.8. The van der Waals surface area contributed by atoms with E-state index in [9.17, 15) is 0 Å². The van der Waals surface area contributed by atoms with Gasteiger partial charge in [-0.3, -0.25) is 4.90 Å². The molecule has 5 heteroatoms. The number of benzene rings is 2. The van der Waals surface area contributed by atoms with Crippen LogP contribution in [0.15, 0.2) is 54.7 Å². The standard InChI is InChI=1S/C22H25N3O2/c1-16-3-5-17(6-4-16)14-25-11-12-27-15-21(25)22-23-13-20(24-22)18-7-9-19(26-2)10-8-18/h3-10,13,21H,11-12,14-15H2,1-2H3,(H,23,24)/t21-/m0/s1. The van der Waals surface area contributed by atoms with Crippen molar-refractivity contribution in [2.75, 3.05) is 26.9 Å². The summed E-state index contributed by atoms with van der Waals surface area (Å²) in [5.74, 6) is 1.80. The highest BCUT2D eigenvalue weighted by Gasteiger charge is 2.27. The zero-order valence-electron chi connectivity index (χ0n) is 15.8. The van der Waals surface area contributed by atoms with E-state index in [2.05, 4.69) is 46.1 Å². The van der Waals surface area contributed by atoms with E-state index in [-0.39, 0.29) is 6.04 Å². The zero-order valence-corrected chi connectivity index (χ0v) is 15.8. The first-order chi connectivity index (χ1) is 13.2. The Hall–Kier alpha value is -2.63. The highest BCUT2D eigenvalue weighted by atomic mass is 16.5. The van der Waals surface area contributed by atoms with Crippen molar-refractivity contribution in [2.24, 2.45) is 0 Å². The van der Waals surface area contributed by atoms with E-state index in [4.69, 9.17) is 9.47 Å². The van der Waals surface area contributed by atoms with Crippen molar-refractivity contribution in [3.8, 4) is 17.0 Å². The molecule has 0 radical (unpaired) electrons. The van der Waals surface area contributed by atoms with Gasteiger partial charge in [0.05, 0.1) is 38.3 Å². The van der Waals surface area contributed by atoms with Crippen molar-refractivity contribution in [2.45, 2.75) is 19.5 Å². The van der Waals surface area contributed by atoms with Gasteiger partial charge in [-0.1, -0.05) is 29.8 Å². The molecular weight excluding hydrogens is 338 g/mol. The molecule has 5 nitrogen and oxygen atoms in total. The van der Waals surface area contributed by atoms with E-state index in [0.717, 1.165) is 42.5 Å². The molecule has 0 bridgehead atoms. The number of aromatic amines is 1. The van der Waals surface area contributed by atoms with Gasteiger partial charge in [0.1, 0.15) is 11.6 Å². The molecular formula is C22H25N3O2. The molecule has 1 atom stereocenters. The Labute approximate surface area is 160 Å². The fourth-order valence-electron chi connectivity index (χ4n) is 3.43. The number of imidazole rings is 1. The van der Waals surface area contributed by atoms with Crippen molar-refractivity contribution in [3.63, 3.8) is 0 Å². The van der Waals surface area contributed by atoms with Crippen LogP contribution in [0.3, 0.4) is 0 Å². The molecule has 1 aromatic heterocycles. The SMILES string of the molecule is COc1ccc(-c2cnc([C@@H]3COCCN3Cc3ccc(C)cc3)[nH]2)cc1. The molecule has 27 heavy (non-hydrogen) atoms. The molecule has 3 aromatic rings. The molecule has 0 saturated carbocycles. The molecule has 0 aliphatic carbocycles. The molecule has 1 fully saturated rings. The van der Waals surface area contributed by atoms with Crippen molar-refractivity contribution in [1.82, 2.24) is 14.9 Å². The lowest BCUT2D eigenvalue weighted by Gasteiger charge is -2.34. The van der Waals surface area contributed by atoms with Crippen LogP contribution in [0.1, 0.15) is 23.0 Å². The van der Waals surface area contributed by atoms with Crippen LogP contribution < -0.4 is 4.74 Å². The number of H-pyrrole nitrogens is 1. The van der Waals surface area contributed by atoms with Gasteiger partial charge >= 0.3 is 0 Å². The van der Waals surface area contributed by atoms with E-state index in [1.165, 1.54) is 11.1 Å². The summed E-state index contributed by atoms with van der Waals surface area (Å²) in [7, 11) is 1.68. The van der Waals surface area contributed by atoms with Gasteiger partial charge in [-0.25, -0.2) is 4.98 Å². The third-order valence-corrected chi connectivity index (χ3v) is 5.06. The molecule has 0 spiro atoms. The monoisotopic (exact) mass is 363 g/mol. The minimum Gasteiger partial charge on any atom is -0.497 e. The molecule has 2 aromatic carbocycles. The Morgan fingerprint density at radius 2 is 1.93 bits per heavy atom. The summed E-state index contributed by atoms with van der Waals surface area (Å²) in [5, 5.41) is 0. The smallest absolute Gasteiger partial charge is 0.126 e. The summed E-state index contributed by atoms with van der Waals surface area (Å²) < 4.78 is 11.0. The molecule has 1 aliphatic heterocycles. The number of morpholine rings is 1. The Bertz CT molecular complexity index is 871. The maximum Gasteiger partial charge on any atom is 0.126 e. The van der Waals surface area contributed by atoms with Crippen molar-refractivity contribution >= 4 is 0 Å². The summed E-state index contributed by atoms with van der Waals surface area (Å²) in [6.45, 7) is 5.32. The number of rotatable bonds is 5. The van der Waals surface area contributed by atoms with Gasteiger partial charge < -0.3 is 14.5 Å². The Morgan fingerprint density at radius 1 is 1.15 bits per heavy atom. The summed E-state index contributed by atoms with van der Waals surface area (Å²) in [6.07, 6.45) is 1.90. The fourth-order valence-corrected chi connectivity index (χ4v) is 3.43. The van der Waals surface area contributed by atoms with Crippen LogP contribution in [0.2, 0.25) is 0 Å². The van der Waals surface area contributed by atoms with E-state index < -0.39 is 0 Å². The molecule has 1 aliphatic rings. The summed E-state index contributed by atoms with van der Waals surface area (Å²) in [6, 6.07) is 16.9. The number of aryl methyl sites for hydroxylation is 1. The molecule has 2 heterocycles. The number of nitrogens with one attached hydrogen (secondary N) is 1. The zero-order chi connectivity index (χ0) is 18.6. The summed E-state index contributed by atoms with van der Waals surface area (Å²) in [4.78, 5) is 10.6. The predicted molar refractivity (Wildman–Crippen MR) is 106 cm³/mol. The number of nitrogens with zero attached hydrogens (tertiary/aromatic N) is 2. The first-order valence-corrected chi connectivity index (χ1v) is 9.29. The topological polar surface area (TPSA) is 50.4 Å². The molecule has 1 saturated heterocycles. The second kappa shape index (κ2) is 7.94. The van der Waals surface area contributed by atoms with Gasteiger partial charge in [0, 0.05) is 13.1 Å². The largest absolute Gasteiger partial charge is 0.497 e. The predicted octanol–water partition coefficient (Wildman–Crippen LogP) is 3.97. The second-order valence-corrected chi connectivity index (χ2v) is 6.96. The van der Waals surface area contributed by atoms with Gasteiger partial charge in [-0.15, -0.1) is 0 Å². The van der Waals surface area contributed by atoms with Gasteiger partial charge in [-0.05, 0) is 42.3 Å². The number of methoxy groups -OCH3 is 1. The third kappa shape index (κ3) is 4.04. The Morgan fingerprint density at radius 3 is 2.67 bits per heavy atom. The number of aromatic nitrogens is 2. The highest BCUT2D eigenvalue weighted by Crippen LogP contribution is 2.27. The minimum absolute atomic E-state index is 0.132. The van der Waals surface area contributed by atoms with Crippen LogP contribution in [-0.2, 0) is 11.3 Å². The van der Waals surface area contributed by atoms with Crippen LogP contribution in [0.5, 0.6) is 5.75 Å². The van der Waals surface area contributed by atoms with Crippen LogP contribution in [0.4, 0.5) is 0 Å². The Balaban J connectivity index is 1.53. The van der Waals surface area contributed by atoms with E-state index in [0.29, 0.717) is 6.61 Å². The summed E-state index contributed by atoms with van der Waals surface area (Å²) in [5.41, 5.74) is 4.70. The van der Waals surface area contributed by atoms with Gasteiger partial charge in [0.25, 0.3) is 0 Å².